The fourth-order valence-electron chi connectivity index (χ4n) is 2.28. The Kier molecular flexibility index (Phi) is 4.36. The highest BCUT2D eigenvalue weighted by Crippen LogP contribution is 2.32. The molecule has 0 fully saturated rings. The summed E-state index contributed by atoms with van der Waals surface area (Å²) in [5, 5.41) is 7.29. The Bertz CT molecular complexity index is 591. The molecule has 0 aliphatic carbocycles. The molecule has 2 rings (SSSR count). The number of rotatable bonds is 5. The van der Waals surface area contributed by atoms with Crippen LogP contribution < -0.4 is 5.32 Å². The van der Waals surface area contributed by atoms with Gasteiger partial charge in [-0.05, 0) is 49.6 Å². The van der Waals surface area contributed by atoms with Crippen molar-refractivity contribution in [3.05, 3.63) is 47.9 Å². The van der Waals surface area contributed by atoms with Gasteiger partial charge in [-0.1, -0.05) is 31.2 Å². The summed E-state index contributed by atoms with van der Waals surface area (Å²) in [6, 6.07) is 8.65. The fourth-order valence-corrected chi connectivity index (χ4v) is 3.24. The van der Waals surface area contributed by atoms with Gasteiger partial charge in [-0.2, -0.15) is 0 Å². The molecule has 0 spiro atoms. The lowest BCUT2D eigenvalue weighted by atomic mass is 9.83. The highest BCUT2D eigenvalue weighted by molar-refractivity contribution is 7.17. The second-order valence-corrected chi connectivity index (χ2v) is 7.81. The molecular formula is C18H25NS. The molecule has 0 radical (unpaired) electrons. The van der Waals surface area contributed by atoms with Crippen molar-refractivity contribution in [3.63, 3.8) is 0 Å². The maximum Gasteiger partial charge on any atom is 0.0345 e. The van der Waals surface area contributed by atoms with Crippen molar-refractivity contribution in [2.24, 2.45) is 5.41 Å². The molecule has 0 bridgehead atoms. The monoisotopic (exact) mass is 287 g/mol. The van der Waals surface area contributed by atoms with E-state index < -0.39 is 0 Å². The van der Waals surface area contributed by atoms with Gasteiger partial charge < -0.3 is 5.32 Å². The SMILES string of the molecule is C=CC(C)(CNC(C)(C)C)Cc1csc2ccccc12. The van der Waals surface area contributed by atoms with Crippen LogP contribution in [-0.2, 0) is 6.42 Å². The first-order chi connectivity index (χ1) is 9.33. The van der Waals surface area contributed by atoms with Crippen LogP contribution >= 0.6 is 11.3 Å². The first kappa shape index (κ1) is 15.3. The van der Waals surface area contributed by atoms with Crippen molar-refractivity contribution in [3.8, 4) is 0 Å². The lowest BCUT2D eigenvalue weighted by molar-refractivity contribution is 0.323. The Labute approximate surface area is 126 Å². The molecule has 2 heteroatoms. The van der Waals surface area contributed by atoms with E-state index in [9.17, 15) is 0 Å². The third-order valence-electron chi connectivity index (χ3n) is 3.67. The van der Waals surface area contributed by atoms with Gasteiger partial charge in [0.2, 0.25) is 0 Å². The van der Waals surface area contributed by atoms with Gasteiger partial charge in [0.05, 0.1) is 0 Å². The number of nitrogens with one attached hydrogen (secondary N) is 1. The van der Waals surface area contributed by atoms with E-state index >= 15 is 0 Å². The summed E-state index contributed by atoms with van der Waals surface area (Å²) in [6.45, 7) is 13.9. The maximum absolute atomic E-state index is 4.06. The van der Waals surface area contributed by atoms with E-state index in [2.05, 4.69) is 75.3 Å². The third kappa shape index (κ3) is 3.71. The van der Waals surface area contributed by atoms with E-state index in [4.69, 9.17) is 0 Å². The first-order valence-corrected chi connectivity index (χ1v) is 8.05. The van der Waals surface area contributed by atoms with Gasteiger partial charge in [0.1, 0.15) is 0 Å². The van der Waals surface area contributed by atoms with Crippen molar-refractivity contribution in [1.29, 1.82) is 0 Å². The van der Waals surface area contributed by atoms with Crippen LogP contribution in [0.1, 0.15) is 33.3 Å². The summed E-state index contributed by atoms with van der Waals surface area (Å²) in [5.41, 5.74) is 1.65. The predicted octanol–water partition coefficient (Wildman–Crippen LogP) is 5.02. The average molecular weight is 287 g/mol. The highest BCUT2D eigenvalue weighted by atomic mass is 32.1. The van der Waals surface area contributed by atoms with Gasteiger partial charge in [-0.3, -0.25) is 0 Å². The van der Waals surface area contributed by atoms with E-state index in [1.54, 1.807) is 0 Å². The van der Waals surface area contributed by atoms with Gasteiger partial charge in [-0.25, -0.2) is 0 Å². The minimum Gasteiger partial charge on any atom is -0.311 e. The molecule has 1 N–H and O–H groups in total. The smallest absolute Gasteiger partial charge is 0.0345 e. The van der Waals surface area contributed by atoms with Crippen molar-refractivity contribution in [2.75, 3.05) is 6.54 Å². The molecule has 0 saturated carbocycles. The minimum absolute atomic E-state index is 0.0805. The molecule has 0 aliphatic rings. The Morgan fingerprint density at radius 3 is 2.55 bits per heavy atom. The second-order valence-electron chi connectivity index (χ2n) is 6.90. The maximum atomic E-state index is 4.06. The van der Waals surface area contributed by atoms with Crippen molar-refractivity contribution in [1.82, 2.24) is 5.32 Å². The summed E-state index contributed by atoms with van der Waals surface area (Å²) in [4.78, 5) is 0. The van der Waals surface area contributed by atoms with E-state index in [1.807, 2.05) is 11.3 Å². The molecular weight excluding hydrogens is 262 g/mol. The number of hydrogen-bond acceptors (Lipinski definition) is 2. The normalized spacial score (nSPS) is 15.2. The Morgan fingerprint density at radius 2 is 1.90 bits per heavy atom. The summed E-state index contributed by atoms with van der Waals surface area (Å²) < 4.78 is 1.37. The van der Waals surface area contributed by atoms with Gasteiger partial charge >= 0.3 is 0 Å². The molecule has 20 heavy (non-hydrogen) atoms. The molecule has 2 aromatic rings. The molecule has 1 atom stereocenters. The van der Waals surface area contributed by atoms with E-state index in [0.717, 1.165) is 13.0 Å². The molecule has 1 heterocycles. The van der Waals surface area contributed by atoms with Crippen LogP contribution in [0.25, 0.3) is 10.1 Å². The van der Waals surface area contributed by atoms with Crippen LogP contribution in [0, 0.1) is 5.41 Å². The summed E-state index contributed by atoms with van der Waals surface area (Å²) in [6.07, 6.45) is 3.13. The first-order valence-electron chi connectivity index (χ1n) is 7.17. The van der Waals surface area contributed by atoms with Crippen LogP contribution in [-0.4, -0.2) is 12.1 Å². The van der Waals surface area contributed by atoms with Crippen LogP contribution in [0.2, 0.25) is 0 Å². The van der Waals surface area contributed by atoms with E-state index in [-0.39, 0.29) is 11.0 Å². The molecule has 0 saturated heterocycles. The molecule has 1 aromatic heterocycles. The van der Waals surface area contributed by atoms with Gasteiger partial charge in [-0.15, -0.1) is 17.9 Å². The molecule has 108 valence electrons. The average Bonchev–Trinajstić information content (AvgIpc) is 2.79. The van der Waals surface area contributed by atoms with Gasteiger partial charge in [0.25, 0.3) is 0 Å². The van der Waals surface area contributed by atoms with Crippen LogP contribution in [0.5, 0.6) is 0 Å². The lowest BCUT2D eigenvalue weighted by Crippen LogP contribution is -2.43. The standard InChI is InChI=1S/C18H25NS/c1-6-18(5,13-19-17(2,3)4)11-14-12-20-16-10-8-7-9-15(14)16/h6-10,12,19H,1,11,13H2,2-5H3. The van der Waals surface area contributed by atoms with Crippen LogP contribution in [0.3, 0.4) is 0 Å². The van der Waals surface area contributed by atoms with Crippen LogP contribution in [0.15, 0.2) is 42.3 Å². The number of benzene rings is 1. The summed E-state index contributed by atoms with van der Waals surface area (Å²) in [7, 11) is 0. The van der Waals surface area contributed by atoms with Crippen LogP contribution in [0.4, 0.5) is 0 Å². The molecule has 1 aromatic carbocycles. The van der Waals surface area contributed by atoms with E-state index in [0.29, 0.717) is 0 Å². The minimum atomic E-state index is 0.0805. The predicted molar refractivity (Wildman–Crippen MR) is 91.6 cm³/mol. The summed E-state index contributed by atoms with van der Waals surface area (Å²) in [5.74, 6) is 0. The number of fused-ring (bicyclic) bond motifs is 1. The quantitative estimate of drug-likeness (QED) is 0.761. The fraction of sp³-hybridized carbons (Fsp3) is 0.444. The molecule has 0 amide bonds. The Balaban J connectivity index is 2.19. The third-order valence-corrected chi connectivity index (χ3v) is 4.68. The second kappa shape index (κ2) is 5.71. The number of hydrogen-bond donors (Lipinski definition) is 1. The van der Waals surface area contributed by atoms with Crippen molar-refractivity contribution >= 4 is 21.4 Å². The molecule has 0 aliphatic heterocycles. The summed E-state index contributed by atoms with van der Waals surface area (Å²) >= 11 is 1.83. The van der Waals surface area contributed by atoms with E-state index in [1.165, 1.54) is 15.6 Å². The van der Waals surface area contributed by atoms with Crippen molar-refractivity contribution in [2.45, 2.75) is 39.7 Å². The topological polar surface area (TPSA) is 12.0 Å². The lowest BCUT2D eigenvalue weighted by Gasteiger charge is -2.31. The zero-order valence-corrected chi connectivity index (χ0v) is 13.8. The van der Waals surface area contributed by atoms with Gasteiger partial charge in [0.15, 0.2) is 0 Å². The number of thiophene rings is 1. The Morgan fingerprint density at radius 1 is 1.20 bits per heavy atom. The zero-order chi connectivity index (χ0) is 14.8. The largest absolute Gasteiger partial charge is 0.311 e. The highest BCUT2D eigenvalue weighted by Gasteiger charge is 2.24. The van der Waals surface area contributed by atoms with Gasteiger partial charge in [0, 0.05) is 22.2 Å². The van der Waals surface area contributed by atoms with Crippen molar-refractivity contribution < 1.29 is 0 Å². The Hall–Kier alpha value is -1.12. The zero-order valence-electron chi connectivity index (χ0n) is 13.0. The molecule has 1 unspecified atom stereocenters. The molecule has 1 nitrogen and oxygen atoms in total.